The van der Waals surface area contributed by atoms with Gasteiger partial charge >= 0.3 is 0 Å². The largest absolute Gasteiger partial charge is 0.488 e. The van der Waals surface area contributed by atoms with E-state index < -0.39 is 0 Å². The summed E-state index contributed by atoms with van der Waals surface area (Å²) in [5, 5.41) is 3.48. The highest BCUT2D eigenvalue weighted by atomic mass is 16.5. The van der Waals surface area contributed by atoms with Gasteiger partial charge in [-0.15, -0.1) is 0 Å². The molecular formula is C18H22N2O2. The van der Waals surface area contributed by atoms with E-state index in [-0.39, 0.29) is 5.91 Å². The van der Waals surface area contributed by atoms with Gasteiger partial charge in [0.15, 0.2) is 0 Å². The number of carbonyl (C=O) groups excluding carboxylic acids is 1. The van der Waals surface area contributed by atoms with Crippen molar-refractivity contribution in [3.63, 3.8) is 0 Å². The molecule has 4 heteroatoms. The number of para-hydroxylation sites is 1. The maximum absolute atomic E-state index is 12.8. The zero-order chi connectivity index (χ0) is 14.9. The van der Waals surface area contributed by atoms with Gasteiger partial charge in [0.2, 0.25) is 0 Å². The van der Waals surface area contributed by atoms with E-state index in [1.54, 1.807) is 0 Å². The van der Waals surface area contributed by atoms with Crippen LogP contribution in [0.3, 0.4) is 0 Å². The Morgan fingerprint density at radius 2 is 1.86 bits per heavy atom. The minimum atomic E-state index is 0.155. The van der Waals surface area contributed by atoms with Crippen LogP contribution in [0.5, 0.6) is 5.75 Å². The van der Waals surface area contributed by atoms with Crippen molar-refractivity contribution < 1.29 is 9.53 Å². The van der Waals surface area contributed by atoms with Crippen LogP contribution in [0.25, 0.3) is 6.08 Å². The monoisotopic (exact) mass is 298 g/mol. The smallest absolute Gasteiger partial charge is 0.253 e. The predicted molar refractivity (Wildman–Crippen MR) is 85.6 cm³/mol. The molecule has 1 N–H and O–H groups in total. The van der Waals surface area contributed by atoms with Gasteiger partial charge in [0.25, 0.3) is 5.91 Å². The number of hydrogen-bond donors (Lipinski definition) is 1. The molecular weight excluding hydrogens is 276 g/mol. The van der Waals surface area contributed by atoms with Crippen LogP contribution < -0.4 is 10.1 Å². The normalized spacial score (nSPS) is 27.3. The number of likely N-dealkylation sites (tertiary alicyclic amines) is 1. The average molecular weight is 298 g/mol. The molecule has 0 unspecified atom stereocenters. The molecule has 22 heavy (non-hydrogen) atoms. The van der Waals surface area contributed by atoms with Gasteiger partial charge < -0.3 is 15.0 Å². The molecule has 0 spiro atoms. The number of hydrogen-bond acceptors (Lipinski definition) is 3. The average Bonchev–Trinajstić information content (AvgIpc) is 2.92. The Kier molecular flexibility index (Phi) is 3.62. The van der Waals surface area contributed by atoms with Gasteiger partial charge in [-0.1, -0.05) is 18.2 Å². The fraction of sp³-hybridized carbons (Fsp3) is 0.500. The predicted octanol–water partition coefficient (Wildman–Crippen LogP) is 1.92. The number of benzene rings is 1. The lowest BCUT2D eigenvalue weighted by Crippen LogP contribution is -2.35. The highest BCUT2D eigenvalue weighted by molar-refractivity contribution is 5.99. The zero-order valence-corrected chi connectivity index (χ0v) is 12.8. The lowest BCUT2D eigenvalue weighted by Gasteiger charge is -2.24. The fourth-order valence-electron chi connectivity index (χ4n) is 3.86. The van der Waals surface area contributed by atoms with Crippen molar-refractivity contribution in [2.45, 2.75) is 12.8 Å². The Hall–Kier alpha value is -1.81. The van der Waals surface area contributed by atoms with Crippen LogP contribution in [0.1, 0.15) is 18.4 Å². The number of rotatable bonds is 1. The highest BCUT2D eigenvalue weighted by Crippen LogP contribution is 2.29. The van der Waals surface area contributed by atoms with E-state index in [0.717, 1.165) is 67.7 Å². The Labute approximate surface area is 131 Å². The van der Waals surface area contributed by atoms with Crippen LogP contribution in [-0.2, 0) is 4.79 Å². The number of nitrogens with one attached hydrogen (secondary N) is 1. The second-order valence-electron chi connectivity index (χ2n) is 6.54. The quantitative estimate of drug-likeness (QED) is 0.861. The zero-order valence-electron chi connectivity index (χ0n) is 12.8. The molecule has 0 aliphatic carbocycles. The molecule has 3 aliphatic rings. The van der Waals surface area contributed by atoms with E-state index >= 15 is 0 Å². The van der Waals surface area contributed by atoms with Crippen LogP contribution in [0.4, 0.5) is 0 Å². The van der Waals surface area contributed by atoms with Crippen molar-refractivity contribution >= 4 is 12.0 Å². The van der Waals surface area contributed by atoms with Gasteiger partial charge in [-0.3, -0.25) is 4.79 Å². The fourth-order valence-corrected chi connectivity index (χ4v) is 3.86. The summed E-state index contributed by atoms with van der Waals surface area (Å²) in [4.78, 5) is 14.8. The van der Waals surface area contributed by atoms with E-state index in [1.807, 2.05) is 35.2 Å². The van der Waals surface area contributed by atoms with Gasteiger partial charge in [0, 0.05) is 18.7 Å². The van der Waals surface area contributed by atoms with E-state index in [0.29, 0.717) is 6.61 Å². The summed E-state index contributed by atoms with van der Waals surface area (Å²) in [6, 6.07) is 7.89. The lowest BCUT2D eigenvalue weighted by molar-refractivity contribution is -0.127. The Bertz CT molecular complexity index is 597. The first-order chi connectivity index (χ1) is 10.8. The molecule has 4 nitrogen and oxygen atoms in total. The third-order valence-electron chi connectivity index (χ3n) is 5.21. The third kappa shape index (κ3) is 2.52. The maximum Gasteiger partial charge on any atom is 0.253 e. The first-order valence-electron chi connectivity index (χ1n) is 8.23. The van der Waals surface area contributed by atoms with Crippen LogP contribution in [0, 0.1) is 11.8 Å². The molecule has 2 saturated heterocycles. The van der Waals surface area contributed by atoms with Gasteiger partial charge in [0.1, 0.15) is 12.4 Å². The van der Waals surface area contributed by atoms with E-state index in [1.165, 1.54) is 0 Å². The molecule has 1 amide bonds. The molecule has 1 aromatic rings. The first kappa shape index (κ1) is 13.8. The SMILES string of the molecule is O=C(C1=Cc2ccccc2OC1)N1CC[C@@H]2CNC[C@@H]2CC1. The standard InChI is InChI=1S/C18H22N2O2/c21-18(16-9-13-3-1-2-4-17(13)22-12-16)20-7-5-14-10-19-11-15(14)6-8-20/h1-4,9,14-15,19H,5-8,10-12H2/t14-,15+. The number of fused-ring (bicyclic) bond motifs is 2. The minimum absolute atomic E-state index is 0.155. The van der Waals surface area contributed by atoms with Gasteiger partial charge in [0.05, 0.1) is 5.57 Å². The molecule has 3 aliphatic heterocycles. The van der Waals surface area contributed by atoms with Crippen LogP contribution in [-0.4, -0.2) is 43.6 Å². The second kappa shape index (κ2) is 5.76. The van der Waals surface area contributed by atoms with E-state index in [2.05, 4.69) is 5.32 Å². The molecule has 0 aromatic heterocycles. The Balaban J connectivity index is 1.49. The summed E-state index contributed by atoms with van der Waals surface area (Å²) < 4.78 is 5.73. The van der Waals surface area contributed by atoms with Crippen LogP contribution in [0.15, 0.2) is 29.8 Å². The van der Waals surface area contributed by atoms with E-state index in [4.69, 9.17) is 4.74 Å². The summed E-state index contributed by atoms with van der Waals surface area (Å²) in [5.41, 5.74) is 1.79. The third-order valence-corrected chi connectivity index (χ3v) is 5.21. The van der Waals surface area contributed by atoms with Crippen molar-refractivity contribution in [2.24, 2.45) is 11.8 Å². The first-order valence-corrected chi connectivity index (χ1v) is 8.23. The summed E-state index contributed by atoms with van der Waals surface area (Å²) >= 11 is 0. The van der Waals surface area contributed by atoms with E-state index in [9.17, 15) is 4.79 Å². The lowest BCUT2D eigenvalue weighted by atomic mass is 9.92. The Morgan fingerprint density at radius 3 is 2.64 bits per heavy atom. The minimum Gasteiger partial charge on any atom is -0.488 e. The molecule has 0 bridgehead atoms. The maximum atomic E-state index is 12.8. The molecule has 2 atom stereocenters. The molecule has 4 rings (SSSR count). The number of amides is 1. The molecule has 116 valence electrons. The molecule has 0 radical (unpaired) electrons. The number of carbonyl (C=O) groups is 1. The van der Waals surface area contributed by atoms with Crippen molar-refractivity contribution in [1.29, 1.82) is 0 Å². The van der Waals surface area contributed by atoms with Crippen molar-refractivity contribution in [3.8, 4) is 5.75 Å². The summed E-state index contributed by atoms with van der Waals surface area (Å²) in [6.45, 7) is 4.37. The molecule has 2 fully saturated rings. The topological polar surface area (TPSA) is 41.6 Å². The van der Waals surface area contributed by atoms with Crippen molar-refractivity contribution in [2.75, 3.05) is 32.8 Å². The number of ether oxygens (including phenoxy) is 1. The second-order valence-corrected chi connectivity index (χ2v) is 6.54. The summed E-state index contributed by atoms with van der Waals surface area (Å²) in [7, 11) is 0. The van der Waals surface area contributed by atoms with Crippen LogP contribution >= 0.6 is 0 Å². The summed E-state index contributed by atoms with van der Waals surface area (Å²) in [5.74, 6) is 2.52. The molecule has 3 heterocycles. The summed E-state index contributed by atoms with van der Waals surface area (Å²) in [6.07, 6.45) is 4.23. The van der Waals surface area contributed by atoms with Crippen molar-refractivity contribution in [3.05, 3.63) is 35.4 Å². The molecule has 0 saturated carbocycles. The number of nitrogens with zero attached hydrogens (tertiary/aromatic N) is 1. The van der Waals surface area contributed by atoms with Crippen LogP contribution in [0.2, 0.25) is 0 Å². The van der Waals surface area contributed by atoms with Gasteiger partial charge in [-0.05, 0) is 49.9 Å². The highest BCUT2D eigenvalue weighted by Gasteiger charge is 2.32. The molecule has 1 aromatic carbocycles. The Morgan fingerprint density at radius 1 is 1.14 bits per heavy atom. The van der Waals surface area contributed by atoms with Gasteiger partial charge in [-0.25, -0.2) is 0 Å². The van der Waals surface area contributed by atoms with Crippen molar-refractivity contribution in [1.82, 2.24) is 10.2 Å². The van der Waals surface area contributed by atoms with Gasteiger partial charge in [-0.2, -0.15) is 0 Å².